The second kappa shape index (κ2) is 9.43. The van der Waals surface area contributed by atoms with Gasteiger partial charge in [0.15, 0.2) is 0 Å². The second-order valence-electron chi connectivity index (χ2n) is 7.19. The molecule has 1 aliphatic heterocycles. The van der Waals surface area contributed by atoms with Crippen molar-refractivity contribution in [2.24, 2.45) is 0 Å². The van der Waals surface area contributed by atoms with Gasteiger partial charge in [-0.1, -0.05) is 47.5 Å². The molecule has 2 aromatic carbocycles. The normalized spacial score (nSPS) is 15.2. The molecule has 0 saturated carbocycles. The number of benzene rings is 2. The van der Waals surface area contributed by atoms with Crippen LogP contribution in [0.5, 0.6) is 0 Å². The predicted molar refractivity (Wildman–Crippen MR) is 119 cm³/mol. The molecule has 1 aliphatic rings. The molecule has 1 saturated heterocycles. The Morgan fingerprint density at radius 1 is 1.07 bits per heavy atom. The Morgan fingerprint density at radius 2 is 1.70 bits per heavy atom. The number of nitrogens with zero attached hydrogens (tertiary/aromatic N) is 3. The molecule has 1 heterocycles. The minimum Gasteiger partial charge on any atom is -0.465 e. The van der Waals surface area contributed by atoms with Gasteiger partial charge in [0.1, 0.15) is 0 Å². The monoisotopic (exact) mass is 471 g/mol. The minimum atomic E-state index is -3.54. The first-order chi connectivity index (χ1) is 14.1. The Hall–Kier alpha value is -2.00. The van der Waals surface area contributed by atoms with Crippen molar-refractivity contribution in [1.82, 2.24) is 9.80 Å². The Bertz CT molecular complexity index is 1010. The number of rotatable bonds is 6. The van der Waals surface area contributed by atoms with Crippen LogP contribution < -0.4 is 4.31 Å². The molecule has 0 bridgehead atoms. The molecule has 0 atom stereocenters. The average molecular weight is 472 g/mol. The molecule has 0 spiro atoms. The van der Waals surface area contributed by atoms with Crippen LogP contribution in [0.1, 0.15) is 11.1 Å². The number of hydrogen-bond donors (Lipinski definition) is 1. The maximum Gasteiger partial charge on any atom is 0.407 e. The molecule has 2 aromatic rings. The molecule has 10 heteroatoms. The van der Waals surface area contributed by atoms with E-state index in [-0.39, 0.29) is 6.54 Å². The van der Waals surface area contributed by atoms with E-state index in [9.17, 15) is 13.2 Å². The summed E-state index contributed by atoms with van der Waals surface area (Å²) in [5, 5.41) is 9.75. The third kappa shape index (κ3) is 5.57. The molecule has 1 amide bonds. The number of piperazine rings is 1. The summed E-state index contributed by atoms with van der Waals surface area (Å²) in [6.07, 6.45) is 0.265. The fourth-order valence-corrected chi connectivity index (χ4v) is 4.61. The third-order valence-corrected chi connectivity index (χ3v) is 7.02. The Kier molecular flexibility index (Phi) is 7.13. The summed E-state index contributed by atoms with van der Waals surface area (Å²) in [7, 11) is -3.54. The van der Waals surface area contributed by atoms with E-state index < -0.39 is 16.1 Å². The van der Waals surface area contributed by atoms with E-state index >= 15 is 0 Å². The topological polar surface area (TPSA) is 81.2 Å². The van der Waals surface area contributed by atoms with E-state index in [1.54, 1.807) is 30.3 Å². The highest BCUT2D eigenvalue weighted by molar-refractivity contribution is 7.92. The van der Waals surface area contributed by atoms with Crippen LogP contribution in [0.3, 0.4) is 0 Å². The van der Waals surface area contributed by atoms with Crippen molar-refractivity contribution in [2.75, 3.05) is 36.7 Å². The average Bonchev–Trinajstić information content (AvgIpc) is 2.69. The lowest BCUT2D eigenvalue weighted by Gasteiger charge is -2.33. The van der Waals surface area contributed by atoms with Crippen LogP contribution in [0.25, 0.3) is 0 Å². The highest BCUT2D eigenvalue weighted by Crippen LogP contribution is 2.29. The summed E-state index contributed by atoms with van der Waals surface area (Å²) in [4.78, 5) is 14.6. The van der Waals surface area contributed by atoms with Crippen LogP contribution in [0, 0.1) is 0 Å². The predicted octanol–water partition coefficient (Wildman–Crippen LogP) is 3.76. The minimum absolute atomic E-state index is 0.0781. The SMILES string of the molecule is CS(=O)(=O)N(Cc1cccc(Cl)c1Cl)c1ccc(CN2CCN(C(=O)O)CC2)cc1. The summed E-state index contributed by atoms with van der Waals surface area (Å²) in [6.45, 7) is 3.04. The van der Waals surface area contributed by atoms with Gasteiger partial charge < -0.3 is 10.0 Å². The molecule has 0 radical (unpaired) electrons. The van der Waals surface area contributed by atoms with Gasteiger partial charge in [-0.25, -0.2) is 13.2 Å². The molecule has 0 aliphatic carbocycles. The van der Waals surface area contributed by atoms with Gasteiger partial charge in [-0.15, -0.1) is 0 Å². The molecule has 3 rings (SSSR count). The number of hydrogen-bond acceptors (Lipinski definition) is 4. The van der Waals surface area contributed by atoms with E-state index in [1.807, 2.05) is 12.1 Å². The standard InChI is InChI=1S/C20H23Cl2N3O4S/c1-30(28,29)25(14-16-3-2-4-18(21)19(16)22)17-7-5-15(6-8-17)13-23-9-11-24(12-10-23)20(26)27/h2-8H,9-14H2,1H3,(H,26,27). The first-order valence-electron chi connectivity index (χ1n) is 9.35. The zero-order chi connectivity index (χ0) is 21.9. The van der Waals surface area contributed by atoms with Crippen LogP contribution in [-0.2, 0) is 23.1 Å². The van der Waals surface area contributed by atoms with Crippen LogP contribution >= 0.6 is 23.2 Å². The molecule has 162 valence electrons. The van der Waals surface area contributed by atoms with Crippen molar-refractivity contribution >= 4 is 45.0 Å². The van der Waals surface area contributed by atoms with Gasteiger partial charge in [0.2, 0.25) is 10.0 Å². The van der Waals surface area contributed by atoms with Gasteiger partial charge in [-0.3, -0.25) is 9.21 Å². The zero-order valence-electron chi connectivity index (χ0n) is 16.5. The smallest absolute Gasteiger partial charge is 0.407 e. The third-order valence-electron chi connectivity index (χ3n) is 5.02. The fourth-order valence-electron chi connectivity index (χ4n) is 3.35. The van der Waals surface area contributed by atoms with Crippen molar-refractivity contribution < 1.29 is 18.3 Å². The van der Waals surface area contributed by atoms with E-state index in [4.69, 9.17) is 28.3 Å². The number of carboxylic acid groups (broad SMARTS) is 1. The van der Waals surface area contributed by atoms with Crippen LogP contribution in [-0.4, -0.2) is 61.9 Å². The van der Waals surface area contributed by atoms with Crippen molar-refractivity contribution in [3.05, 3.63) is 63.6 Å². The van der Waals surface area contributed by atoms with Crippen molar-refractivity contribution in [2.45, 2.75) is 13.1 Å². The van der Waals surface area contributed by atoms with E-state index in [2.05, 4.69) is 4.90 Å². The van der Waals surface area contributed by atoms with E-state index in [0.717, 1.165) is 11.8 Å². The van der Waals surface area contributed by atoms with Gasteiger partial charge in [-0.2, -0.15) is 0 Å². The second-order valence-corrected chi connectivity index (χ2v) is 9.89. The number of amides is 1. The first-order valence-corrected chi connectivity index (χ1v) is 12.0. The Morgan fingerprint density at radius 3 is 2.27 bits per heavy atom. The summed E-state index contributed by atoms with van der Waals surface area (Å²) in [6, 6.07) is 12.4. The van der Waals surface area contributed by atoms with E-state index in [1.165, 1.54) is 9.21 Å². The molecule has 0 unspecified atom stereocenters. The van der Waals surface area contributed by atoms with Crippen molar-refractivity contribution in [3.8, 4) is 0 Å². The quantitative estimate of drug-likeness (QED) is 0.693. The van der Waals surface area contributed by atoms with Gasteiger partial charge in [-0.05, 0) is 29.3 Å². The van der Waals surface area contributed by atoms with Gasteiger partial charge in [0.05, 0.1) is 28.5 Å². The lowest BCUT2D eigenvalue weighted by molar-refractivity contribution is 0.103. The van der Waals surface area contributed by atoms with Crippen LogP contribution in [0.2, 0.25) is 10.0 Å². The Labute approximate surface area is 186 Å². The lowest BCUT2D eigenvalue weighted by Crippen LogP contribution is -2.47. The maximum atomic E-state index is 12.4. The van der Waals surface area contributed by atoms with Crippen LogP contribution in [0.15, 0.2) is 42.5 Å². The van der Waals surface area contributed by atoms with Crippen molar-refractivity contribution in [1.29, 1.82) is 0 Å². The lowest BCUT2D eigenvalue weighted by atomic mass is 10.1. The summed E-state index contributed by atoms with van der Waals surface area (Å²) < 4.78 is 26.1. The summed E-state index contributed by atoms with van der Waals surface area (Å²) in [5.41, 5.74) is 2.18. The fraction of sp³-hybridized carbons (Fsp3) is 0.350. The number of carbonyl (C=O) groups is 1. The zero-order valence-corrected chi connectivity index (χ0v) is 18.8. The molecule has 7 nitrogen and oxygen atoms in total. The maximum absolute atomic E-state index is 12.4. The molecular formula is C20H23Cl2N3O4S. The van der Waals surface area contributed by atoms with Crippen LogP contribution in [0.4, 0.5) is 10.5 Å². The molecular weight excluding hydrogens is 449 g/mol. The molecule has 1 N–H and O–H groups in total. The van der Waals surface area contributed by atoms with E-state index in [0.29, 0.717) is 54.0 Å². The van der Waals surface area contributed by atoms with Gasteiger partial charge in [0, 0.05) is 32.7 Å². The van der Waals surface area contributed by atoms with Gasteiger partial charge in [0.25, 0.3) is 0 Å². The molecule has 1 fully saturated rings. The largest absolute Gasteiger partial charge is 0.465 e. The number of halogens is 2. The first kappa shape index (κ1) is 22.7. The van der Waals surface area contributed by atoms with Gasteiger partial charge >= 0.3 is 6.09 Å². The highest BCUT2D eigenvalue weighted by Gasteiger charge is 2.22. The summed E-state index contributed by atoms with van der Waals surface area (Å²) >= 11 is 12.3. The number of anilines is 1. The molecule has 30 heavy (non-hydrogen) atoms. The summed E-state index contributed by atoms with van der Waals surface area (Å²) in [5.74, 6) is 0. The Balaban J connectivity index is 1.72. The van der Waals surface area contributed by atoms with Crippen molar-refractivity contribution in [3.63, 3.8) is 0 Å². The highest BCUT2D eigenvalue weighted by atomic mass is 35.5. The number of sulfonamides is 1. The molecule has 0 aromatic heterocycles.